The van der Waals surface area contributed by atoms with Gasteiger partial charge in [-0.25, -0.2) is 4.98 Å². The summed E-state index contributed by atoms with van der Waals surface area (Å²) in [5, 5.41) is 0.0590. The zero-order valence-electron chi connectivity index (χ0n) is 9.23. The summed E-state index contributed by atoms with van der Waals surface area (Å²) in [6, 6.07) is 0. The molecular formula is C11H16ClN3O. The number of hydrogen-bond donors (Lipinski definition) is 0. The number of aryl methyl sites for hydroxylation is 1. The summed E-state index contributed by atoms with van der Waals surface area (Å²) >= 11 is 5.67. The van der Waals surface area contributed by atoms with Gasteiger partial charge in [0.15, 0.2) is 5.15 Å². The first-order chi connectivity index (χ1) is 7.77. The van der Waals surface area contributed by atoms with Crippen molar-refractivity contribution in [3.05, 3.63) is 27.9 Å². The predicted octanol–water partition coefficient (Wildman–Crippen LogP) is 1.38. The molecule has 1 aliphatic rings. The average Bonchev–Trinajstić information content (AvgIpc) is 2.77. The maximum atomic E-state index is 11.6. The maximum absolute atomic E-state index is 11.6. The predicted molar refractivity (Wildman–Crippen MR) is 63.8 cm³/mol. The van der Waals surface area contributed by atoms with Gasteiger partial charge in [-0.1, -0.05) is 11.6 Å². The number of rotatable bonds is 4. The molecule has 2 heterocycles. The Balaban J connectivity index is 1.85. The molecule has 16 heavy (non-hydrogen) atoms. The van der Waals surface area contributed by atoms with Gasteiger partial charge < -0.3 is 9.47 Å². The van der Waals surface area contributed by atoms with Gasteiger partial charge in [0.05, 0.1) is 0 Å². The summed E-state index contributed by atoms with van der Waals surface area (Å²) in [6.45, 7) is 4.18. The molecule has 0 bridgehead atoms. The second-order valence-electron chi connectivity index (χ2n) is 4.12. The van der Waals surface area contributed by atoms with Crippen molar-refractivity contribution in [2.24, 2.45) is 0 Å². The number of aromatic nitrogens is 2. The molecule has 1 saturated heterocycles. The summed E-state index contributed by atoms with van der Waals surface area (Å²) in [4.78, 5) is 17.7. The van der Waals surface area contributed by atoms with Crippen molar-refractivity contribution in [3.8, 4) is 0 Å². The van der Waals surface area contributed by atoms with Crippen LogP contribution in [0.5, 0.6) is 0 Å². The lowest BCUT2D eigenvalue weighted by atomic mass is 10.4. The average molecular weight is 242 g/mol. The first-order valence-electron chi connectivity index (χ1n) is 5.70. The highest BCUT2D eigenvalue weighted by Gasteiger charge is 2.10. The van der Waals surface area contributed by atoms with Gasteiger partial charge in [-0.05, 0) is 38.9 Å². The quantitative estimate of drug-likeness (QED) is 0.800. The molecule has 0 unspecified atom stereocenters. The molecule has 1 fully saturated rings. The largest absolute Gasteiger partial charge is 0.311 e. The third-order valence-corrected chi connectivity index (χ3v) is 3.20. The first-order valence-corrected chi connectivity index (χ1v) is 6.08. The van der Waals surface area contributed by atoms with Crippen LogP contribution >= 0.6 is 11.6 Å². The van der Waals surface area contributed by atoms with E-state index in [1.165, 1.54) is 25.9 Å². The van der Waals surface area contributed by atoms with E-state index < -0.39 is 0 Å². The fraction of sp³-hybridized carbons (Fsp3) is 0.636. The molecule has 1 aromatic heterocycles. The fourth-order valence-electron chi connectivity index (χ4n) is 2.07. The van der Waals surface area contributed by atoms with E-state index >= 15 is 0 Å². The van der Waals surface area contributed by atoms with Crippen molar-refractivity contribution >= 4 is 11.6 Å². The number of halogens is 1. The van der Waals surface area contributed by atoms with Crippen molar-refractivity contribution in [1.82, 2.24) is 14.5 Å². The third kappa shape index (κ3) is 2.83. The molecule has 0 atom stereocenters. The van der Waals surface area contributed by atoms with Crippen molar-refractivity contribution in [2.75, 3.05) is 19.6 Å². The summed E-state index contributed by atoms with van der Waals surface area (Å²) in [5.74, 6) is 0. The van der Waals surface area contributed by atoms with E-state index in [0.29, 0.717) is 0 Å². The molecule has 1 aromatic rings. The SMILES string of the molecule is O=c1c(Cl)nccn1CCCN1CCCC1. The van der Waals surface area contributed by atoms with Gasteiger partial charge in [-0.2, -0.15) is 0 Å². The fourth-order valence-corrected chi connectivity index (χ4v) is 2.23. The highest BCUT2D eigenvalue weighted by Crippen LogP contribution is 2.07. The number of nitrogens with zero attached hydrogens (tertiary/aromatic N) is 3. The standard InChI is InChI=1S/C11H16ClN3O/c12-10-11(16)15(9-4-13-10)8-3-7-14-5-1-2-6-14/h4,9H,1-3,5-8H2. The van der Waals surface area contributed by atoms with Crippen molar-refractivity contribution in [3.63, 3.8) is 0 Å². The number of hydrogen-bond acceptors (Lipinski definition) is 3. The molecule has 5 heteroatoms. The second-order valence-corrected chi connectivity index (χ2v) is 4.48. The molecule has 0 spiro atoms. The summed E-state index contributed by atoms with van der Waals surface area (Å²) in [6.07, 6.45) is 6.86. The van der Waals surface area contributed by atoms with Gasteiger partial charge in [-0.15, -0.1) is 0 Å². The lowest BCUT2D eigenvalue weighted by Crippen LogP contribution is -2.25. The van der Waals surface area contributed by atoms with Crippen LogP contribution in [0.2, 0.25) is 5.15 Å². The van der Waals surface area contributed by atoms with Gasteiger partial charge in [0, 0.05) is 18.9 Å². The van der Waals surface area contributed by atoms with Crippen LogP contribution < -0.4 is 5.56 Å². The molecule has 0 amide bonds. The van der Waals surface area contributed by atoms with E-state index in [1.807, 2.05) is 0 Å². The Bertz CT molecular complexity index is 398. The Morgan fingerprint density at radius 3 is 2.81 bits per heavy atom. The summed E-state index contributed by atoms with van der Waals surface area (Å²) in [5.41, 5.74) is -0.189. The summed E-state index contributed by atoms with van der Waals surface area (Å²) in [7, 11) is 0. The Morgan fingerprint density at radius 1 is 1.31 bits per heavy atom. The molecule has 88 valence electrons. The Kier molecular flexibility index (Phi) is 3.96. The molecular weight excluding hydrogens is 226 g/mol. The molecule has 0 N–H and O–H groups in total. The van der Waals surface area contributed by atoms with E-state index in [2.05, 4.69) is 9.88 Å². The molecule has 0 aliphatic carbocycles. The topological polar surface area (TPSA) is 38.1 Å². The van der Waals surface area contributed by atoms with Gasteiger partial charge in [0.25, 0.3) is 5.56 Å². The Labute approximate surface area is 99.9 Å². The van der Waals surface area contributed by atoms with Crippen LogP contribution in [0.1, 0.15) is 19.3 Å². The highest BCUT2D eigenvalue weighted by atomic mass is 35.5. The van der Waals surface area contributed by atoms with E-state index in [1.54, 1.807) is 17.0 Å². The van der Waals surface area contributed by atoms with Crippen molar-refractivity contribution in [1.29, 1.82) is 0 Å². The van der Waals surface area contributed by atoms with Crippen molar-refractivity contribution < 1.29 is 0 Å². The zero-order chi connectivity index (χ0) is 11.4. The van der Waals surface area contributed by atoms with Crippen LogP contribution in [0.4, 0.5) is 0 Å². The minimum absolute atomic E-state index is 0.0590. The molecule has 4 nitrogen and oxygen atoms in total. The van der Waals surface area contributed by atoms with Crippen LogP contribution in [0.15, 0.2) is 17.2 Å². The minimum atomic E-state index is -0.189. The maximum Gasteiger partial charge on any atom is 0.288 e. The normalized spacial score (nSPS) is 16.8. The molecule has 2 rings (SSSR count). The molecule has 0 radical (unpaired) electrons. The van der Waals surface area contributed by atoms with Crippen LogP contribution in [0.25, 0.3) is 0 Å². The second kappa shape index (κ2) is 5.46. The number of likely N-dealkylation sites (tertiary alicyclic amines) is 1. The van der Waals surface area contributed by atoms with Crippen LogP contribution in [0, 0.1) is 0 Å². The van der Waals surface area contributed by atoms with E-state index in [4.69, 9.17) is 11.6 Å². The van der Waals surface area contributed by atoms with Crippen LogP contribution in [0.3, 0.4) is 0 Å². The van der Waals surface area contributed by atoms with E-state index in [9.17, 15) is 4.79 Å². The lowest BCUT2D eigenvalue weighted by molar-refractivity contribution is 0.324. The molecule has 1 aliphatic heterocycles. The highest BCUT2D eigenvalue weighted by molar-refractivity contribution is 6.29. The van der Waals surface area contributed by atoms with Gasteiger partial charge >= 0.3 is 0 Å². The first kappa shape index (κ1) is 11.6. The van der Waals surface area contributed by atoms with Gasteiger partial charge in [-0.3, -0.25) is 4.79 Å². The van der Waals surface area contributed by atoms with Gasteiger partial charge in [0.2, 0.25) is 0 Å². The Hall–Kier alpha value is -0.870. The molecule has 0 saturated carbocycles. The van der Waals surface area contributed by atoms with Crippen molar-refractivity contribution in [2.45, 2.75) is 25.8 Å². The summed E-state index contributed by atoms with van der Waals surface area (Å²) < 4.78 is 1.63. The smallest absolute Gasteiger partial charge is 0.288 e. The third-order valence-electron chi connectivity index (χ3n) is 2.94. The Morgan fingerprint density at radius 2 is 2.06 bits per heavy atom. The van der Waals surface area contributed by atoms with Crippen LogP contribution in [-0.2, 0) is 6.54 Å². The van der Waals surface area contributed by atoms with Gasteiger partial charge in [0.1, 0.15) is 0 Å². The monoisotopic (exact) mass is 241 g/mol. The van der Waals surface area contributed by atoms with E-state index in [0.717, 1.165) is 19.5 Å². The van der Waals surface area contributed by atoms with E-state index in [-0.39, 0.29) is 10.7 Å². The minimum Gasteiger partial charge on any atom is -0.311 e. The van der Waals surface area contributed by atoms with Crippen LogP contribution in [-0.4, -0.2) is 34.1 Å². The molecule has 0 aromatic carbocycles. The lowest BCUT2D eigenvalue weighted by Gasteiger charge is -2.14. The zero-order valence-corrected chi connectivity index (χ0v) is 9.99.